The van der Waals surface area contributed by atoms with E-state index in [1.54, 1.807) is 0 Å². The quantitative estimate of drug-likeness (QED) is 0.798. The number of carbonyl (C=O) groups is 1. The van der Waals surface area contributed by atoms with Crippen LogP contribution < -0.4 is 0 Å². The van der Waals surface area contributed by atoms with Gasteiger partial charge in [-0.25, -0.2) is 0 Å². The standard InChI is InChI=1S/C19H26N2O2/c1-12-15(9-18(22)23-6)16-7-13-10-21(19(2,3)4)11-14(13)8-17(16)20(12)5/h7-8H,9-11H2,1-6H3. The summed E-state index contributed by atoms with van der Waals surface area (Å²) in [5, 5.41) is 1.19. The maximum Gasteiger partial charge on any atom is 0.310 e. The van der Waals surface area contributed by atoms with E-state index in [1.165, 1.54) is 29.1 Å². The van der Waals surface area contributed by atoms with E-state index < -0.39 is 0 Å². The van der Waals surface area contributed by atoms with E-state index in [0.29, 0.717) is 6.42 Å². The number of aryl methyl sites for hydroxylation is 1. The van der Waals surface area contributed by atoms with Crippen LogP contribution in [-0.2, 0) is 36.1 Å². The lowest BCUT2D eigenvalue weighted by Crippen LogP contribution is -2.36. The summed E-state index contributed by atoms with van der Waals surface area (Å²) >= 11 is 0. The predicted molar refractivity (Wildman–Crippen MR) is 92.4 cm³/mol. The van der Waals surface area contributed by atoms with Gasteiger partial charge in [-0.15, -0.1) is 0 Å². The van der Waals surface area contributed by atoms with Crippen LogP contribution in [-0.4, -0.2) is 28.1 Å². The first-order chi connectivity index (χ1) is 10.7. The molecule has 1 aromatic carbocycles. The third-order valence-electron chi connectivity index (χ3n) is 5.16. The summed E-state index contributed by atoms with van der Waals surface area (Å²) in [6.45, 7) is 10.8. The summed E-state index contributed by atoms with van der Waals surface area (Å²) in [6, 6.07) is 4.58. The molecule has 0 atom stereocenters. The van der Waals surface area contributed by atoms with Crippen molar-refractivity contribution >= 4 is 16.9 Å². The van der Waals surface area contributed by atoms with Crippen LogP contribution >= 0.6 is 0 Å². The number of ether oxygens (including phenoxy) is 1. The third kappa shape index (κ3) is 2.65. The van der Waals surface area contributed by atoms with E-state index in [-0.39, 0.29) is 11.5 Å². The first-order valence-corrected chi connectivity index (χ1v) is 8.14. The SMILES string of the molecule is COC(=O)Cc1c(C)n(C)c2cc3c(cc12)CN(C(C)(C)C)C3. The second-order valence-corrected chi connectivity index (χ2v) is 7.54. The lowest BCUT2D eigenvalue weighted by atomic mass is 10.0. The molecule has 0 bridgehead atoms. The lowest BCUT2D eigenvalue weighted by Gasteiger charge is -2.31. The predicted octanol–water partition coefficient (Wildman–Crippen LogP) is 3.32. The first-order valence-electron chi connectivity index (χ1n) is 8.14. The highest BCUT2D eigenvalue weighted by molar-refractivity contribution is 5.90. The van der Waals surface area contributed by atoms with Crippen molar-refractivity contribution in [2.75, 3.05) is 7.11 Å². The molecular weight excluding hydrogens is 288 g/mol. The van der Waals surface area contributed by atoms with E-state index in [9.17, 15) is 4.79 Å². The highest BCUT2D eigenvalue weighted by Crippen LogP contribution is 2.35. The molecular formula is C19H26N2O2. The number of esters is 1. The summed E-state index contributed by atoms with van der Waals surface area (Å²) in [4.78, 5) is 14.3. The Labute approximate surface area is 138 Å². The fourth-order valence-electron chi connectivity index (χ4n) is 3.45. The molecule has 4 heteroatoms. The molecule has 0 saturated carbocycles. The molecule has 0 amide bonds. The van der Waals surface area contributed by atoms with Gasteiger partial charge in [-0.1, -0.05) is 0 Å². The molecule has 3 rings (SSSR count). The monoisotopic (exact) mass is 314 g/mol. The Bertz CT molecular complexity index is 781. The minimum Gasteiger partial charge on any atom is -0.469 e. The average molecular weight is 314 g/mol. The molecule has 4 nitrogen and oxygen atoms in total. The maximum atomic E-state index is 11.8. The molecule has 1 aromatic heterocycles. The summed E-state index contributed by atoms with van der Waals surface area (Å²) in [7, 11) is 3.52. The number of benzene rings is 1. The van der Waals surface area contributed by atoms with Crippen molar-refractivity contribution in [3.63, 3.8) is 0 Å². The Kier molecular flexibility index (Phi) is 3.75. The summed E-state index contributed by atoms with van der Waals surface area (Å²) in [6.07, 6.45) is 0.335. The Morgan fingerprint density at radius 2 is 1.83 bits per heavy atom. The molecule has 0 saturated heterocycles. The van der Waals surface area contributed by atoms with E-state index in [0.717, 1.165) is 24.3 Å². The molecule has 2 heterocycles. The normalized spacial score (nSPS) is 15.2. The van der Waals surface area contributed by atoms with Gasteiger partial charge in [-0.05, 0) is 56.5 Å². The van der Waals surface area contributed by atoms with Gasteiger partial charge in [-0.3, -0.25) is 9.69 Å². The smallest absolute Gasteiger partial charge is 0.310 e. The number of methoxy groups -OCH3 is 1. The fraction of sp³-hybridized carbons (Fsp3) is 0.526. The molecule has 124 valence electrons. The Hall–Kier alpha value is -1.81. The van der Waals surface area contributed by atoms with Gasteiger partial charge in [-0.2, -0.15) is 0 Å². The van der Waals surface area contributed by atoms with E-state index >= 15 is 0 Å². The van der Waals surface area contributed by atoms with Gasteiger partial charge in [0.2, 0.25) is 0 Å². The number of carbonyl (C=O) groups excluding carboxylic acids is 1. The van der Waals surface area contributed by atoms with Crippen molar-refractivity contribution in [2.45, 2.75) is 52.7 Å². The molecule has 0 spiro atoms. The highest BCUT2D eigenvalue weighted by Gasteiger charge is 2.29. The van der Waals surface area contributed by atoms with E-state index in [4.69, 9.17) is 4.74 Å². The molecule has 1 aliphatic rings. The van der Waals surface area contributed by atoms with Crippen LogP contribution in [0.15, 0.2) is 12.1 Å². The van der Waals surface area contributed by atoms with Crippen molar-refractivity contribution in [2.24, 2.45) is 7.05 Å². The summed E-state index contributed by atoms with van der Waals surface area (Å²) in [5.41, 5.74) is 6.38. The Morgan fingerprint density at radius 1 is 1.22 bits per heavy atom. The largest absolute Gasteiger partial charge is 0.469 e. The molecule has 0 N–H and O–H groups in total. The number of aromatic nitrogens is 1. The third-order valence-corrected chi connectivity index (χ3v) is 5.16. The first kappa shape index (κ1) is 16.1. The molecule has 0 unspecified atom stereocenters. The second-order valence-electron chi connectivity index (χ2n) is 7.54. The van der Waals surface area contributed by atoms with Crippen molar-refractivity contribution in [1.82, 2.24) is 9.47 Å². The van der Waals surface area contributed by atoms with E-state index in [2.05, 4.69) is 56.3 Å². The van der Waals surface area contributed by atoms with Gasteiger partial charge >= 0.3 is 5.97 Å². The maximum absolute atomic E-state index is 11.8. The van der Waals surface area contributed by atoms with Gasteiger partial charge in [0.05, 0.1) is 13.5 Å². The van der Waals surface area contributed by atoms with Crippen molar-refractivity contribution in [3.8, 4) is 0 Å². The van der Waals surface area contributed by atoms with Crippen LogP contribution in [0.1, 0.15) is 43.2 Å². The highest BCUT2D eigenvalue weighted by atomic mass is 16.5. The molecule has 23 heavy (non-hydrogen) atoms. The van der Waals surface area contributed by atoms with Gasteiger partial charge in [0.25, 0.3) is 0 Å². The van der Waals surface area contributed by atoms with Crippen LogP contribution in [0.25, 0.3) is 10.9 Å². The Balaban J connectivity index is 2.09. The molecule has 0 aliphatic carbocycles. The molecule has 0 radical (unpaired) electrons. The summed E-state index contributed by atoms with van der Waals surface area (Å²) < 4.78 is 7.05. The number of fused-ring (bicyclic) bond motifs is 2. The summed E-state index contributed by atoms with van der Waals surface area (Å²) in [5.74, 6) is -0.183. The zero-order valence-corrected chi connectivity index (χ0v) is 15.0. The lowest BCUT2D eigenvalue weighted by molar-refractivity contribution is -0.139. The van der Waals surface area contributed by atoms with Crippen LogP contribution in [0.5, 0.6) is 0 Å². The van der Waals surface area contributed by atoms with Crippen LogP contribution in [0.4, 0.5) is 0 Å². The van der Waals surface area contributed by atoms with Crippen molar-refractivity contribution < 1.29 is 9.53 Å². The molecule has 1 aliphatic heterocycles. The number of rotatable bonds is 2. The van der Waals surface area contributed by atoms with Crippen LogP contribution in [0, 0.1) is 6.92 Å². The minimum atomic E-state index is -0.183. The van der Waals surface area contributed by atoms with Gasteiger partial charge in [0.15, 0.2) is 0 Å². The number of nitrogens with zero attached hydrogens (tertiary/aromatic N) is 2. The topological polar surface area (TPSA) is 34.5 Å². The van der Waals surface area contributed by atoms with Crippen LogP contribution in [0.2, 0.25) is 0 Å². The second kappa shape index (κ2) is 5.38. The Morgan fingerprint density at radius 3 is 2.39 bits per heavy atom. The van der Waals surface area contributed by atoms with E-state index in [1.807, 2.05) is 0 Å². The minimum absolute atomic E-state index is 0.163. The number of hydrogen-bond acceptors (Lipinski definition) is 3. The molecule has 2 aromatic rings. The fourth-order valence-corrected chi connectivity index (χ4v) is 3.45. The van der Waals surface area contributed by atoms with Gasteiger partial charge in [0, 0.05) is 42.3 Å². The average Bonchev–Trinajstić information content (AvgIpc) is 3.00. The van der Waals surface area contributed by atoms with Gasteiger partial charge < -0.3 is 9.30 Å². The van der Waals surface area contributed by atoms with Crippen LogP contribution in [0.3, 0.4) is 0 Å². The number of hydrogen-bond donors (Lipinski definition) is 0. The zero-order valence-electron chi connectivity index (χ0n) is 15.0. The van der Waals surface area contributed by atoms with Crippen molar-refractivity contribution in [1.29, 1.82) is 0 Å². The van der Waals surface area contributed by atoms with Crippen molar-refractivity contribution in [3.05, 3.63) is 34.5 Å². The molecule has 0 fully saturated rings. The zero-order chi connectivity index (χ0) is 16.9. The van der Waals surface area contributed by atoms with Gasteiger partial charge in [0.1, 0.15) is 0 Å².